The molecule has 0 saturated heterocycles. The van der Waals surface area contributed by atoms with E-state index in [-0.39, 0.29) is 0 Å². The van der Waals surface area contributed by atoms with Gasteiger partial charge in [0, 0.05) is 11.8 Å². The van der Waals surface area contributed by atoms with Gasteiger partial charge < -0.3 is 5.32 Å². The Morgan fingerprint density at radius 2 is 1.71 bits per heavy atom. The third-order valence-corrected chi connectivity index (χ3v) is 5.15. The van der Waals surface area contributed by atoms with Gasteiger partial charge in [0.25, 0.3) is 0 Å². The van der Waals surface area contributed by atoms with Crippen LogP contribution in [0.5, 0.6) is 0 Å². The quantitative estimate of drug-likeness (QED) is 0.659. The zero-order valence-electron chi connectivity index (χ0n) is 11.8. The highest BCUT2D eigenvalue weighted by Gasteiger charge is 2.18. The fourth-order valence-electron chi connectivity index (χ4n) is 2.09. The molecule has 0 aliphatic heterocycles. The summed E-state index contributed by atoms with van der Waals surface area (Å²) in [6.07, 6.45) is 3.67. The van der Waals surface area contributed by atoms with Crippen molar-refractivity contribution in [1.29, 1.82) is 0 Å². The zero-order chi connectivity index (χ0) is 13.3. The fraction of sp³-hybridized carbons (Fsp3) is 1.00. The van der Waals surface area contributed by atoms with Crippen molar-refractivity contribution in [3.63, 3.8) is 0 Å². The van der Waals surface area contributed by atoms with Crippen LogP contribution in [0.15, 0.2) is 0 Å². The Balaban J connectivity index is 4.13. The predicted octanol–water partition coefficient (Wildman–Crippen LogP) is 2.62. The minimum atomic E-state index is -2.82. The van der Waals surface area contributed by atoms with E-state index in [0.717, 1.165) is 32.2 Å². The van der Waals surface area contributed by atoms with Gasteiger partial charge in [-0.3, -0.25) is 0 Å². The summed E-state index contributed by atoms with van der Waals surface area (Å²) in [6.45, 7) is 9.38. The van der Waals surface area contributed by atoms with Crippen LogP contribution in [-0.4, -0.2) is 32.5 Å². The Morgan fingerprint density at radius 3 is 2.18 bits per heavy atom. The lowest BCUT2D eigenvalue weighted by Crippen LogP contribution is -2.34. The molecule has 0 aromatic heterocycles. The molecule has 17 heavy (non-hydrogen) atoms. The SMILES string of the molecule is CCCNC(C)C(CC)CCS(=O)(=O)CCC. The first-order valence-corrected chi connectivity index (χ1v) is 8.72. The molecule has 0 saturated carbocycles. The van der Waals surface area contributed by atoms with Gasteiger partial charge >= 0.3 is 0 Å². The highest BCUT2D eigenvalue weighted by Crippen LogP contribution is 2.15. The lowest BCUT2D eigenvalue weighted by molar-refractivity contribution is 0.355. The van der Waals surface area contributed by atoms with Crippen molar-refractivity contribution in [2.75, 3.05) is 18.1 Å². The molecule has 4 heteroatoms. The monoisotopic (exact) mass is 263 g/mol. The van der Waals surface area contributed by atoms with Crippen molar-refractivity contribution in [1.82, 2.24) is 5.32 Å². The van der Waals surface area contributed by atoms with E-state index in [2.05, 4.69) is 26.1 Å². The van der Waals surface area contributed by atoms with E-state index in [1.165, 1.54) is 0 Å². The summed E-state index contributed by atoms with van der Waals surface area (Å²) < 4.78 is 23.3. The molecule has 0 fully saturated rings. The van der Waals surface area contributed by atoms with E-state index in [0.29, 0.717) is 23.5 Å². The van der Waals surface area contributed by atoms with Crippen LogP contribution in [0, 0.1) is 5.92 Å². The van der Waals surface area contributed by atoms with Gasteiger partial charge in [0.2, 0.25) is 0 Å². The van der Waals surface area contributed by atoms with Crippen molar-refractivity contribution < 1.29 is 8.42 Å². The summed E-state index contributed by atoms with van der Waals surface area (Å²) in [5.41, 5.74) is 0. The van der Waals surface area contributed by atoms with Gasteiger partial charge in [0.15, 0.2) is 0 Å². The molecule has 0 amide bonds. The molecule has 1 N–H and O–H groups in total. The average Bonchev–Trinajstić information content (AvgIpc) is 2.26. The second-order valence-corrected chi connectivity index (χ2v) is 7.16. The summed E-state index contributed by atoms with van der Waals surface area (Å²) in [7, 11) is -2.82. The summed E-state index contributed by atoms with van der Waals surface area (Å²) in [4.78, 5) is 0. The molecule has 0 spiro atoms. The Hall–Kier alpha value is -0.0900. The first-order valence-electron chi connectivity index (χ1n) is 6.90. The molecule has 0 bridgehead atoms. The largest absolute Gasteiger partial charge is 0.314 e. The van der Waals surface area contributed by atoms with Crippen LogP contribution >= 0.6 is 0 Å². The van der Waals surface area contributed by atoms with Crippen LogP contribution in [0.3, 0.4) is 0 Å². The lowest BCUT2D eigenvalue weighted by Gasteiger charge is -2.23. The highest BCUT2D eigenvalue weighted by molar-refractivity contribution is 7.91. The molecule has 0 aromatic rings. The second kappa shape index (κ2) is 8.92. The molecular formula is C13H29NO2S. The van der Waals surface area contributed by atoms with Crippen LogP contribution in [0.25, 0.3) is 0 Å². The average molecular weight is 263 g/mol. The number of nitrogens with one attached hydrogen (secondary N) is 1. The van der Waals surface area contributed by atoms with E-state index >= 15 is 0 Å². The van der Waals surface area contributed by atoms with Gasteiger partial charge in [-0.1, -0.05) is 27.2 Å². The number of rotatable bonds is 10. The number of sulfone groups is 1. The standard InChI is InChI=1S/C13H29NO2S/c1-5-9-14-12(4)13(7-3)8-11-17(15,16)10-6-2/h12-14H,5-11H2,1-4H3. The van der Waals surface area contributed by atoms with Crippen LogP contribution in [-0.2, 0) is 9.84 Å². The number of hydrogen-bond acceptors (Lipinski definition) is 3. The smallest absolute Gasteiger partial charge is 0.150 e. The Bertz CT molecular complexity index is 275. The maximum atomic E-state index is 11.7. The first-order chi connectivity index (χ1) is 7.96. The molecule has 3 nitrogen and oxygen atoms in total. The Kier molecular flexibility index (Phi) is 8.88. The van der Waals surface area contributed by atoms with E-state index < -0.39 is 9.84 Å². The van der Waals surface area contributed by atoms with Crippen molar-refractivity contribution >= 4 is 9.84 Å². The van der Waals surface area contributed by atoms with Gasteiger partial charge in [0.05, 0.1) is 5.75 Å². The van der Waals surface area contributed by atoms with Gasteiger partial charge in [-0.25, -0.2) is 8.42 Å². The summed E-state index contributed by atoms with van der Waals surface area (Å²) in [6, 6.07) is 0.414. The maximum absolute atomic E-state index is 11.7. The third kappa shape index (κ3) is 7.77. The second-order valence-electron chi connectivity index (χ2n) is 4.85. The first kappa shape index (κ1) is 16.9. The summed E-state index contributed by atoms with van der Waals surface area (Å²) >= 11 is 0. The van der Waals surface area contributed by atoms with Crippen LogP contribution < -0.4 is 5.32 Å². The molecule has 2 unspecified atom stereocenters. The molecule has 0 aromatic carbocycles. The molecule has 0 aliphatic carbocycles. The Labute approximate surface area is 107 Å². The number of hydrogen-bond donors (Lipinski definition) is 1. The molecular weight excluding hydrogens is 234 g/mol. The van der Waals surface area contributed by atoms with Crippen LogP contribution in [0.4, 0.5) is 0 Å². The van der Waals surface area contributed by atoms with E-state index in [1.54, 1.807) is 0 Å². The van der Waals surface area contributed by atoms with Crippen molar-refractivity contribution in [2.45, 2.75) is 59.4 Å². The predicted molar refractivity (Wildman–Crippen MR) is 75.1 cm³/mol. The third-order valence-electron chi connectivity index (χ3n) is 3.26. The molecule has 0 aliphatic rings. The minimum absolute atomic E-state index is 0.334. The maximum Gasteiger partial charge on any atom is 0.150 e. The van der Waals surface area contributed by atoms with Crippen LogP contribution in [0.1, 0.15) is 53.4 Å². The summed E-state index contributed by atoms with van der Waals surface area (Å²) in [5, 5.41) is 3.46. The van der Waals surface area contributed by atoms with Gasteiger partial charge in [-0.05, 0) is 38.6 Å². The van der Waals surface area contributed by atoms with Gasteiger partial charge in [-0.15, -0.1) is 0 Å². The van der Waals surface area contributed by atoms with E-state index in [4.69, 9.17) is 0 Å². The Morgan fingerprint density at radius 1 is 1.06 bits per heavy atom. The molecule has 104 valence electrons. The van der Waals surface area contributed by atoms with E-state index in [9.17, 15) is 8.42 Å². The summed E-state index contributed by atoms with van der Waals surface area (Å²) in [5.74, 6) is 1.14. The highest BCUT2D eigenvalue weighted by atomic mass is 32.2. The minimum Gasteiger partial charge on any atom is -0.314 e. The van der Waals surface area contributed by atoms with Crippen molar-refractivity contribution in [3.05, 3.63) is 0 Å². The van der Waals surface area contributed by atoms with E-state index in [1.807, 2.05) is 6.92 Å². The molecule has 0 rings (SSSR count). The van der Waals surface area contributed by atoms with Gasteiger partial charge in [0.1, 0.15) is 9.84 Å². The van der Waals surface area contributed by atoms with Crippen molar-refractivity contribution in [2.24, 2.45) is 5.92 Å². The molecule has 2 atom stereocenters. The topological polar surface area (TPSA) is 46.2 Å². The molecule has 0 radical (unpaired) electrons. The lowest BCUT2D eigenvalue weighted by atomic mass is 9.95. The molecule has 0 heterocycles. The van der Waals surface area contributed by atoms with Crippen LogP contribution in [0.2, 0.25) is 0 Å². The fourth-order valence-corrected chi connectivity index (χ4v) is 3.58. The van der Waals surface area contributed by atoms with Gasteiger partial charge in [-0.2, -0.15) is 0 Å². The normalized spacial score (nSPS) is 15.8. The van der Waals surface area contributed by atoms with Crippen molar-refractivity contribution in [3.8, 4) is 0 Å². The zero-order valence-corrected chi connectivity index (χ0v) is 12.6.